The van der Waals surface area contributed by atoms with Crippen molar-refractivity contribution in [3.05, 3.63) is 47.7 Å². The van der Waals surface area contributed by atoms with Crippen molar-refractivity contribution in [3.8, 4) is 6.07 Å². The van der Waals surface area contributed by atoms with Gasteiger partial charge in [-0.05, 0) is 31.6 Å². The van der Waals surface area contributed by atoms with Gasteiger partial charge < -0.3 is 4.90 Å². The van der Waals surface area contributed by atoms with Crippen molar-refractivity contribution >= 4 is 17.6 Å². The number of hydrogen-bond donors (Lipinski definition) is 0. The number of aromatic nitrogens is 2. The lowest BCUT2D eigenvalue weighted by Crippen LogP contribution is -2.42. The van der Waals surface area contributed by atoms with Crippen LogP contribution in [0.25, 0.3) is 0 Å². The first-order chi connectivity index (χ1) is 11.2. The maximum Gasteiger partial charge on any atom is 0.189 e. The van der Waals surface area contributed by atoms with Gasteiger partial charge in [0.05, 0.1) is 11.5 Å². The summed E-state index contributed by atoms with van der Waals surface area (Å²) in [6.45, 7) is 3.68. The predicted octanol–water partition coefficient (Wildman–Crippen LogP) is 3.57. The number of benzene rings is 1. The smallest absolute Gasteiger partial charge is 0.189 e. The fourth-order valence-electron chi connectivity index (χ4n) is 3.12. The lowest BCUT2D eigenvalue weighted by Gasteiger charge is -2.38. The average Bonchev–Trinajstić information content (AvgIpc) is 2.62. The van der Waals surface area contributed by atoms with Crippen LogP contribution in [0.3, 0.4) is 0 Å². The van der Waals surface area contributed by atoms with Gasteiger partial charge in [-0.2, -0.15) is 5.26 Å². The van der Waals surface area contributed by atoms with Crippen LogP contribution in [-0.2, 0) is 5.41 Å². The van der Waals surface area contributed by atoms with Crippen LogP contribution in [0.5, 0.6) is 0 Å². The maximum absolute atomic E-state index is 9.78. The van der Waals surface area contributed by atoms with E-state index in [0.29, 0.717) is 0 Å². The summed E-state index contributed by atoms with van der Waals surface area (Å²) >= 11 is 1.56. The number of piperidine rings is 1. The van der Waals surface area contributed by atoms with Gasteiger partial charge in [-0.25, -0.2) is 9.97 Å². The Kier molecular flexibility index (Phi) is 4.53. The van der Waals surface area contributed by atoms with E-state index in [0.717, 1.165) is 48.2 Å². The molecule has 0 bridgehead atoms. The monoisotopic (exact) mass is 324 g/mol. The third-order valence-electron chi connectivity index (χ3n) is 4.48. The van der Waals surface area contributed by atoms with Crippen LogP contribution < -0.4 is 4.90 Å². The molecule has 0 aliphatic carbocycles. The van der Waals surface area contributed by atoms with Crippen molar-refractivity contribution in [2.75, 3.05) is 24.2 Å². The van der Waals surface area contributed by atoms with E-state index in [2.05, 4.69) is 33.1 Å². The molecule has 2 aromatic rings. The minimum atomic E-state index is -0.373. The maximum atomic E-state index is 9.78. The van der Waals surface area contributed by atoms with E-state index in [-0.39, 0.29) is 5.41 Å². The van der Waals surface area contributed by atoms with Gasteiger partial charge in [-0.15, -0.1) is 0 Å². The zero-order valence-electron chi connectivity index (χ0n) is 13.5. The van der Waals surface area contributed by atoms with Crippen molar-refractivity contribution in [1.29, 1.82) is 5.26 Å². The fourth-order valence-corrected chi connectivity index (χ4v) is 3.54. The van der Waals surface area contributed by atoms with E-state index in [4.69, 9.17) is 0 Å². The molecule has 5 heteroatoms. The van der Waals surface area contributed by atoms with E-state index in [1.54, 1.807) is 11.8 Å². The van der Waals surface area contributed by atoms with Crippen LogP contribution in [0, 0.1) is 18.3 Å². The summed E-state index contributed by atoms with van der Waals surface area (Å²) in [5.41, 5.74) is 1.74. The van der Waals surface area contributed by atoms with Crippen LogP contribution in [-0.4, -0.2) is 29.3 Å². The van der Waals surface area contributed by atoms with E-state index in [1.807, 2.05) is 37.4 Å². The number of nitrogens with zero attached hydrogens (tertiary/aromatic N) is 4. The average molecular weight is 324 g/mol. The van der Waals surface area contributed by atoms with Crippen LogP contribution in [0.2, 0.25) is 0 Å². The highest BCUT2D eigenvalue weighted by molar-refractivity contribution is 7.98. The first kappa shape index (κ1) is 15.8. The molecule has 1 aromatic carbocycles. The number of hydrogen-bond acceptors (Lipinski definition) is 5. The van der Waals surface area contributed by atoms with E-state index in [9.17, 15) is 5.26 Å². The van der Waals surface area contributed by atoms with Crippen molar-refractivity contribution in [3.63, 3.8) is 0 Å². The Morgan fingerprint density at radius 1 is 1.17 bits per heavy atom. The normalized spacial score (nSPS) is 16.8. The van der Waals surface area contributed by atoms with Crippen LogP contribution in [0.15, 0.2) is 41.6 Å². The molecule has 0 atom stereocenters. The Morgan fingerprint density at radius 3 is 2.48 bits per heavy atom. The molecular weight excluding hydrogens is 304 g/mol. The molecule has 0 saturated carbocycles. The predicted molar refractivity (Wildman–Crippen MR) is 93.7 cm³/mol. The second-order valence-electron chi connectivity index (χ2n) is 5.90. The van der Waals surface area contributed by atoms with Crippen molar-refractivity contribution < 1.29 is 0 Å². The highest BCUT2D eigenvalue weighted by atomic mass is 32.2. The fraction of sp³-hybridized carbons (Fsp3) is 0.389. The molecule has 1 fully saturated rings. The van der Waals surface area contributed by atoms with Crippen LogP contribution in [0.4, 0.5) is 5.82 Å². The Morgan fingerprint density at radius 2 is 1.87 bits per heavy atom. The third kappa shape index (κ3) is 3.18. The topological polar surface area (TPSA) is 52.8 Å². The molecule has 118 valence electrons. The minimum Gasteiger partial charge on any atom is -0.356 e. The number of anilines is 1. The third-order valence-corrected chi connectivity index (χ3v) is 5.03. The lowest BCUT2D eigenvalue weighted by molar-refractivity contribution is 0.413. The molecule has 0 unspecified atom stereocenters. The van der Waals surface area contributed by atoms with E-state index in [1.165, 1.54) is 0 Å². The SMILES string of the molecule is CSc1nc(C)cc(N2CCC(C#N)(c3ccccc3)CC2)n1. The standard InChI is InChI=1S/C18H20N4S/c1-14-12-16(21-17(20-14)23-2)22-10-8-18(13-19,9-11-22)15-6-4-3-5-7-15/h3-7,12H,8-11H2,1-2H3. The molecule has 0 spiro atoms. The van der Waals surface area contributed by atoms with Crippen LogP contribution in [0.1, 0.15) is 24.1 Å². The van der Waals surface area contributed by atoms with Crippen LogP contribution >= 0.6 is 11.8 Å². The molecule has 0 N–H and O–H groups in total. The molecule has 4 nitrogen and oxygen atoms in total. The zero-order valence-corrected chi connectivity index (χ0v) is 14.3. The Labute approximate surface area is 141 Å². The van der Waals surface area contributed by atoms with Gasteiger partial charge in [0.15, 0.2) is 5.16 Å². The number of aryl methyl sites for hydroxylation is 1. The largest absolute Gasteiger partial charge is 0.356 e. The Balaban J connectivity index is 1.81. The first-order valence-electron chi connectivity index (χ1n) is 7.78. The summed E-state index contributed by atoms with van der Waals surface area (Å²) in [4.78, 5) is 11.3. The van der Waals surface area contributed by atoms with Crippen molar-refractivity contribution in [2.24, 2.45) is 0 Å². The van der Waals surface area contributed by atoms with Gasteiger partial charge in [-0.1, -0.05) is 42.1 Å². The summed E-state index contributed by atoms with van der Waals surface area (Å²) in [6, 6.07) is 14.8. The quantitative estimate of drug-likeness (QED) is 0.638. The van der Waals surface area contributed by atoms with E-state index >= 15 is 0 Å². The Bertz CT molecular complexity index is 716. The second kappa shape index (κ2) is 6.59. The molecule has 3 rings (SSSR count). The molecule has 1 aliphatic rings. The number of thioether (sulfide) groups is 1. The number of nitriles is 1. The van der Waals surface area contributed by atoms with Crippen molar-refractivity contribution in [2.45, 2.75) is 30.3 Å². The summed E-state index contributed by atoms with van der Waals surface area (Å²) < 4.78 is 0. The molecular formula is C18H20N4S. The second-order valence-corrected chi connectivity index (χ2v) is 6.67. The summed E-state index contributed by atoms with van der Waals surface area (Å²) in [7, 11) is 0. The van der Waals surface area contributed by atoms with Gasteiger partial charge in [0, 0.05) is 24.8 Å². The van der Waals surface area contributed by atoms with E-state index < -0.39 is 0 Å². The van der Waals surface area contributed by atoms with Gasteiger partial charge >= 0.3 is 0 Å². The highest BCUT2D eigenvalue weighted by Crippen LogP contribution is 2.36. The minimum absolute atomic E-state index is 0.373. The summed E-state index contributed by atoms with van der Waals surface area (Å²) in [6.07, 6.45) is 3.64. The van der Waals surface area contributed by atoms with Crippen molar-refractivity contribution in [1.82, 2.24) is 9.97 Å². The molecule has 2 heterocycles. The first-order valence-corrected chi connectivity index (χ1v) is 9.01. The molecule has 23 heavy (non-hydrogen) atoms. The number of rotatable bonds is 3. The van der Waals surface area contributed by atoms with Gasteiger partial charge in [0.25, 0.3) is 0 Å². The highest BCUT2D eigenvalue weighted by Gasteiger charge is 2.36. The van der Waals surface area contributed by atoms with Gasteiger partial charge in [0.1, 0.15) is 5.82 Å². The molecule has 1 saturated heterocycles. The molecule has 0 amide bonds. The summed E-state index contributed by atoms with van der Waals surface area (Å²) in [5.74, 6) is 0.974. The van der Waals surface area contributed by atoms with Gasteiger partial charge in [0.2, 0.25) is 0 Å². The molecule has 1 aliphatic heterocycles. The zero-order chi connectivity index (χ0) is 16.3. The summed E-state index contributed by atoms with van der Waals surface area (Å²) in [5, 5.41) is 10.6. The molecule has 1 aromatic heterocycles. The lowest BCUT2D eigenvalue weighted by atomic mass is 9.74. The Hall–Kier alpha value is -2.06. The van der Waals surface area contributed by atoms with Gasteiger partial charge in [-0.3, -0.25) is 0 Å². The molecule has 0 radical (unpaired) electrons.